The highest BCUT2D eigenvalue weighted by molar-refractivity contribution is 6.30. The molecule has 3 atom stereocenters. The molecule has 4 nitrogen and oxygen atoms in total. The molecule has 1 aromatic heterocycles. The maximum atomic E-state index is 10.3. The van der Waals surface area contributed by atoms with Crippen molar-refractivity contribution < 1.29 is 5.11 Å². The molecule has 0 unspecified atom stereocenters. The summed E-state index contributed by atoms with van der Waals surface area (Å²) in [6, 6.07) is 9.72. The molecule has 1 N–H and O–H groups in total. The number of rotatable bonds is 2. The van der Waals surface area contributed by atoms with Crippen molar-refractivity contribution in [2.75, 3.05) is 11.4 Å². The molecule has 0 amide bonds. The van der Waals surface area contributed by atoms with Gasteiger partial charge in [-0.25, -0.2) is 9.97 Å². The number of halogens is 1. The standard InChI is InChI=1S/C17H18ClN3O/c18-13-3-1-2-12(10-13)17-19-8-6-15(20-17)21-9-7-11-4-5-14(22)16(11)21/h1-3,6,8,10-11,14,16,22H,4-5,7,9H2/t11-,14+,16+/m0/s1. The third-order valence-electron chi connectivity index (χ3n) is 4.83. The van der Waals surface area contributed by atoms with Gasteiger partial charge in [-0.2, -0.15) is 0 Å². The predicted octanol–water partition coefficient (Wildman–Crippen LogP) is 3.15. The van der Waals surface area contributed by atoms with E-state index in [1.807, 2.05) is 30.3 Å². The third-order valence-corrected chi connectivity index (χ3v) is 5.06. The van der Waals surface area contributed by atoms with Crippen LogP contribution < -0.4 is 4.90 Å². The van der Waals surface area contributed by atoms with E-state index in [2.05, 4.69) is 9.88 Å². The molecule has 22 heavy (non-hydrogen) atoms. The quantitative estimate of drug-likeness (QED) is 0.925. The highest BCUT2D eigenvalue weighted by Gasteiger charge is 2.43. The Morgan fingerprint density at radius 3 is 2.95 bits per heavy atom. The van der Waals surface area contributed by atoms with Crippen LogP contribution in [0.15, 0.2) is 36.5 Å². The second-order valence-electron chi connectivity index (χ2n) is 6.13. The van der Waals surface area contributed by atoms with Crippen molar-refractivity contribution in [2.45, 2.75) is 31.4 Å². The Morgan fingerprint density at radius 2 is 2.09 bits per heavy atom. The fourth-order valence-electron chi connectivity index (χ4n) is 3.81. The molecule has 1 saturated heterocycles. The number of fused-ring (bicyclic) bond motifs is 1. The molecule has 0 bridgehead atoms. The fraction of sp³-hybridized carbons (Fsp3) is 0.412. The molecule has 1 aliphatic carbocycles. The average Bonchev–Trinajstić information content (AvgIpc) is 3.11. The number of nitrogens with zero attached hydrogens (tertiary/aromatic N) is 3. The van der Waals surface area contributed by atoms with Gasteiger partial charge in [-0.3, -0.25) is 0 Å². The number of aliphatic hydroxyl groups is 1. The topological polar surface area (TPSA) is 49.2 Å². The lowest BCUT2D eigenvalue weighted by Crippen LogP contribution is -2.38. The first kappa shape index (κ1) is 14.0. The third kappa shape index (κ3) is 2.36. The van der Waals surface area contributed by atoms with Gasteiger partial charge in [0.15, 0.2) is 5.82 Å². The van der Waals surface area contributed by atoms with E-state index in [0.29, 0.717) is 16.8 Å². The monoisotopic (exact) mass is 315 g/mol. The lowest BCUT2D eigenvalue weighted by molar-refractivity contribution is 0.160. The summed E-state index contributed by atoms with van der Waals surface area (Å²) < 4.78 is 0. The van der Waals surface area contributed by atoms with Crippen LogP contribution in [-0.2, 0) is 0 Å². The summed E-state index contributed by atoms with van der Waals surface area (Å²) in [6.45, 7) is 0.957. The highest BCUT2D eigenvalue weighted by Crippen LogP contribution is 2.40. The van der Waals surface area contributed by atoms with Crippen LogP contribution in [0.4, 0.5) is 5.82 Å². The van der Waals surface area contributed by atoms with Gasteiger partial charge in [0.1, 0.15) is 5.82 Å². The van der Waals surface area contributed by atoms with Gasteiger partial charge in [0.2, 0.25) is 0 Å². The van der Waals surface area contributed by atoms with Crippen molar-refractivity contribution in [2.24, 2.45) is 5.92 Å². The summed E-state index contributed by atoms with van der Waals surface area (Å²) in [5.74, 6) is 2.17. The number of hydrogen-bond donors (Lipinski definition) is 1. The average molecular weight is 316 g/mol. The normalized spacial score (nSPS) is 27.2. The van der Waals surface area contributed by atoms with Crippen LogP contribution in [0.3, 0.4) is 0 Å². The van der Waals surface area contributed by atoms with E-state index >= 15 is 0 Å². The Hall–Kier alpha value is -1.65. The van der Waals surface area contributed by atoms with Gasteiger partial charge in [-0.15, -0.1) is 0 Å². The van der Waals surface area contributed by atoms with Crippen molar-refractivity contribution in [3.63, 3.8) is 0 Å². The van der Waals surface area contributed by atoms with E-state index in [4.69, 9.17) is 16.6 Å². The first-order valence-corrected chi connectivity index (χ1v) is 8.14. The summed E-state index contributed by atoms with van der Waals surface area (Å²) in [5.41, 5.74) is 0.914. The van der Waals surface area contributed by atoms with E-state index in [-0.39, 0.29) is 12.1 Å². The number of aliphatic hydroxyl groups excluding tert-OH is 1. The molecule has 2 heterocycles. The molecule has 1 saturated carbocycles. The van der Waals surface area contributed by atoms with E-state index in [1.54, 1.807) is 6.20 Å². The van der Waals surface area contributed by atoms with E-state index < -0.39 is 0 Å². The summed E-state index contributed by atoms with van der Waals surface area (Å²) >= 11 is 6.05. The summed E-state index contributed by atoms with van der Waals surface area (Å²) in [6.07, 6.45) is 4.70. The fourth-order valence-corrected chi connectivity index (χ4v) is 4.01. The first-order valence-electron chi connectivity index (χ1n) is 7.76. The summed E-state index contributed by atoms with van der Waals surface area (Å²) in [7, 11) is 0. The molecule has 4 rings (SSSR count). The Morgan fingerprint density at radius 1 is 1.18 bits per heavy atom. The minimum absolute atomic E-state index is 0.210. The lowest BCUT2D eigenvalue weighted by atomic mass is 10.0. The van der Waals surface area contributed by atoms with Crippen molar-refractivity contribution in [3.8, 4) is 11.4 Å². The number of aromatic nitrogens is 2. The van der Waals surface area contributed by atoms with Crippen molar-refractivity contribution >= 4 is 17.4 Å². The molecule has 2 aromatic rings. The van der Waals surface area contributed by atoms with Crippen LogP contribution in [0.25, 0.3) is 11.4 Å². The maximum Gasteiger partial charge on any atom is 0.161 e. The van der Waals surface area contributed by atoms with Crippen LogP contribution in [0, 0.1) is 5.92 Å². The number of anilines is 1. The molecule has 5 heteroatoms. The zero-order valence-corrected chi connectivity index (χ0v) is 12.9. The van der Waals surface area contributed by atoms with Crippen LogP contribution in [0.1, 0.15) is 19.3 Å². The lowest BCUT2D eigenvalue weighted by Gasteiger charge is -2.27. The number of hydrogen-bond acceptors (Lipinski definition) is 4. The summed E-state index contributed by atoms with van der Waals surface area (Å²) in [4.78, 5) is 11.3. The molecule has 0 radical (unpaired) electrons. The Labute approximate surface area is 134 Å². The van der Waals surface area contributed by atoms with Crippen LogP contribution in [0.5, 0.6) is 0 Å². The van der Waals surface area contributed by atoms with E-state index in [0.717, 1.165) is 37.2 Å². The zero-order chi connectivity index (χ0) is 15.1. The van der Waals surface area contributed by atoms with Gasteiger partial charge >= 0.3 is 0 Å². The Kier molecular flexibility index (Phi) is 3.51. The highest BCUT2D eigenvalue weighted by atomic mass is 35.5. The second kappa shape index (κ2) is 5.52. The minimum Gasteiger partial charge on any atom is -0.391 e. The van der Waals surface area contributed by atoms with Crippen molar-refractivity contribution in [3.05, 3.63) is 41.6 Å². The van der Waals surface area contributed by atoms with Gasteiger partial charge in [0.05, 0.1) is 12.1 Å². The molecule has 2 aliphatic rings. The van der Waals surface area contributed by atoms with Gasteiger partial charge in [0.25, 0.3) is 0 Å². The predicted molar refractivity (Wildman–Crippen MR) is 87.0 cm³/mol. The van der Waals surface area contributed by atoms with Gasteiger partial charge < -0.3 is 10.0 Å². The van der Waals surface area contributed by atoms with Crippen molar-refractivity contribution in [1.82, 2.24) is 9.97 Å². The maximum absolute atomic E-state index is 10.3. The van der Waals surface area contributed by atoms with Crippen LogP contribution >= 0.6 is 11.6 Å². The molecular weight excluding hydrogens is 298 g/mol. The molecule has 114 valence electrons. The van der Waals surface area contributed by atoms with Crippen LogP contribution in [-0.4, -0.2) is 33.8 Å². The van der Waals surface area contributed by atoms with Gasteiger partial charge in [0, 0.05) is 23.3 Å². The first-order chi connectivity index (χ1) is 10.7. The molecular formula is C17H18ClN3O. The largest absolute Gasteiger partial charge is 0.391 e. The molecule has 2 fully saturated rings. The smallest absolute Gasteiger partial charge is 0.161 e. The SMILES string of the molecule is O[C@@H]1CC[C@H]2CCN(c3ccnc(-c4cccc(Cl)c4)n3)[C@H]21. The van der Waals surface area contributed by atoms with E-state index in [1.165, 1.54) is 0 Å². The van der Waals surface area contributed by atoms with Gasteiger partial charge in [-0.05, 0) is 43.4 Å². The minimum atomic E-state index is -0.239. The summed E-state index contributed by atoms with van der Waals surface area (Å²) in [5, 5.41) is 10.9. The molecule has 1 aliphatic heterocycles. The van der Waals surface area contributed by atoms with E-state index in [9.17, 15) is 5.11 Å². The number of benzene rings is 1. The van der Waals surface area contributed by atoms with Gasteiger partial charge in [-0.1, -0.05) is 23.7 Å². The van der Waals surface area contributed by atoms with Crippen LogP contribution in [0.2, 0.25) is 5.02 Å². The molecule has 1 aromatic carbocycles. The second-order valence-corrected chi connectivity index (χ2v) is 6.56. The Balaban J connectivity index is 1.68. The molecule has 0 spiro atoms. The Bertz CT molecular complexity index is 693. The zero-order valence-electron chi connectivity index (χ0n) is 12.2. The van der Waals surface area contributed by atoms with Crippen molar-refractivity contribution in [1.29, 1.82) is 0 Å².